The maximum absolute atomic E-state index is 11.9. The number of esters is 1. The molecule has 0 aliphatic rings. The van der Waals surface area contributed by atoms with Crippen molar-refractivity contribution in [1.29, 1.82) is 0 Å². The molecule has 1 aromatic carbocycles. The van der Waals surface area contributed by atoms with E-state index in [0.29, 0.717) is 48.0 Å². The smallest absolute Gasteiger partial charge is 0.338 e. The molecular weight excluding hydrogens is 356 g/mol. The minimum atomic E-state index is -0.430. The normalized spacial score (nSPS) is 10.4. The Kier molecular flexibility index (Phi) is 8.88. The van der Waals surface area contributed by atoms with Crippen LogP contribution in [0.2, 0.25) is 0 Å². The molecule has 0 heterocycles. The van der Waals surface area contributed by atoms with E-state index in [9.17, 15) is 4.79 Å². The second-order valence-electron chi connectivity index (χ2n) is 4.10. The molecule has 0 aromatic heterocycles. The fourth-order valence-corrected chi connectivity index (χ4v) is 2.03. The molecule has 0 amide bonds. The molecule has 0 unspecified atom stereocenters. The summed E-state index contributed by atoms with van der Waals surface area (Å²) in [5, 5.41) is 0. The molecule has 0 fully saturated rings. The lowest BCUT2D eigenvalue weighted by atomic mass is 10.2. The molecule has 124 valence electrons. The van der Waals surface area contributed by atoms with Crippen molar-refractivity contribution in [2.45, 2.75) is 13.8 Å². The molecule has 22 heavy (non-hydrogen) atoms. The number of carbonyl (C=O) groups is 1. The van der Waals surface area contributed by atoms with E-state index in [1.165, 1.54) is 0 Å². The summed E-state index contributed by atoms with van der Waals surface area (Å²) in [4.78, 5) is 11.9. The minimum Gasteiger partial charge on any atom is -0.493 e. The van der Waals surface area contributed by atoms with Crippen molar-refractivity contribution in [3.63, 3.8) is 0 Å². The molecule has 0 aliphatic carbocycles. The van der Waals surface area contributed by atoms with Gasteiger partial charge in [-0.25, -0.2) is 4.79 Å². The quantitative estimate of drug-likeness (QED) is 0.355. The van der Waals surface area contributed by atoms with Crippen LogP contribution in [-0.4, -0.2) is 46.3 Å². The summed E-state index contributed by atoms with van der Waals surface area (Å²) in [5.74, 6) is 0.535. The zero-order valence-electron chi connectivity index (χ0n) is 13.0. The molecule has 7 heteroatoms. The molecule has 0 spiro atoms. The van der Waals surface area contributed by atoms with Gasteiger partial charge in [-0.1, -0.05) is 0 Å². The highest BCUT2D eigenvalue weighted by Gasteiger charge is 2.16. The SMILES string of the molecule is CCOC(=O)c1cc(OCC)c(Br)c(OCOCCOC)c1. The van der Waals surface area contributed by atoms with Crippen LogP contribution in [0, 0.1) is 0 Å². The van der Waals surface area contributed by atoms with Crippen LogP contribution in [0.4, 0.5) is 0 Å². The van der Waals surface area contributed by atoms with Crippen LogP contribution in [0.3, 0.4) is 0 Å². The van der Waals surface area contributed by atoms with Crippen LogP contribution in [0.15, 0.2) is 16.6 Å². The highest BCUT2D eigenvalue weighted by molar-refractivity contribution is 9.10. The van der Waals surface area contributed by atoms with Gasteiger partial charge < -0.3 is 23.7 Å². The van der Waals surface area contributed by atoms with Crippen LogP contribution in [0.1, 0.15) is 24.2 Å². The number of carbonyl (C=O) groups excluding carboxylic acids is 1. The van der Waals surface area contributed by atoms with Crippen molar-refractivity contribution in [2.75, 3.05) is 40.3 Å². The van der Waals surface area contributed by atoms with E-state index < -0.39 is 5.97 Å². The van der Waals surface area contributed by atoms with Gasteiger partial charge in [-0.15, -0.1) is 0 Å². The number of rotatable bonds is 10. The largest absolute Gasteiger partial charge is 0.493 e. The lowest BCUT2D eigenvalue weighted by Crippen LogP contribution is -2.10. The fourth-order valence-electron chi connectivity index (χ4n) is 1.58. The Bertz CT molecular complexity index is 477. The van der Waals surface area contributed by atoms with Gasteiger partial charge in [0.05, 0.1) is 32.0 Å². The van der Waals surface area contributed by atoms with Gasteiger partial charge in [-0.3, -0.25) is 0 Å². The lowest BCUT2D eigenvalue weighted by Gasteiger charge is -2.14. The predicted octanol–water partition coefficient (Wildman–Crippen LogP) is 3.02. The Labute approximate surface area is 138 Å². The van der Waals surface area contributed by atoms with Gasteiger partial charge in [-0.05, 0) is 41.9 Å². The fraction of sp³-hybridized carbons (Fsp3) is 0.533. The Morgan fingerprint density at radius 2 is 1.77 bits per heavy atom. The van der Waals surface area contributed by atoms with Crippen LogP contribution in [0.25, 0.3) is 0 Å². The number of halogens is 1. The maximum Gasteiger partial charge on any atom is 0.338 e. The van der Waals surface area contributed by atoms with Gasteiger partial charge >= 0.3 is 5.97 Å². The van der Waals surface area contributed by atoms with Gasteiger partial charge in [0.15, 0.2) is 6.79 Å². The first-order valence-electron chi connectivity index (χ1n) is 6.96. The maximum atomic E-state index is 11.9. The standard InChI is InChI=1S/C15H21BrO6/c1-4-20-12-8-11(15(17)21-5-2)9-13(14(12)16)22-10-19-7-6-18-3/h8-9H,4-7,10H2,1-3H3. The summed E-state index contributed by atoms with van der Waals surface area (Å²) in [7, 11) is 1.60. The first-order valence-corrected chi connectivity index (χ1v) is 7.76. The van der Waals surface area contributed by atoms with E-state index in [1.54, 1.807) is 26.2 Å². The Hall–Kier alpha value is -1.31. The zero-order chi connectivity index (χ0) is 16.4. The molecule has 1 aromatic rings. The van der Waals surface area contributed by atoms with Crippen molar-refractivity contribution in [3.8, 4) is 11.5 Å². The average Bonchev–Trinajstić information content (AvgIpc) is 2.50. The lowest BCUT2D eigenvalue weighted by molar-refractivity contribution is -0.00897. The molecule has 0 aliphatic heterocycles. The van der Waals surface area contributed by atoms with Crippen LogP contribution >= 0.6 is 15.9 Å². The van der Waals surface area contributed by atoms with Crippen molar-refractivity contribution >= 4 is 21.9 Å². The van der Waals surface area contributed by atoms with Gasteiger partial charge in [-0.2, -0.15) is 0 Å². The minimum absolute atomic E-state index is 0.0415. The number of hydrogen-bond donors (Lipinski definition) is 0. The van der Waals surface area contributed by atoms with Crippen molar-refractivity contribution in [1.82, 2.24) is 0 Å². The first kappa shape index (κ1) is 18.7. The monoisotopic (exact) mass is 376 g/mol. The third-order valence-corrected chi connectivity index (χ3v) is 3.33. The summed E-state index contributed by atoms with van der Waals surface area (Å²) in [6.07, 6.45) is 0. The van der Waals surface area contributed by atoms with Gasteiger partial charge in [0.2, 0.25) is 0 Å². The molecule has 0 bridgehead atoms. The van der Waals surface area contributed by atoms with E-state index in [2.05, 4.69) is 15.9 Å². The highest BCUT2D eigenvalue weighted by atomic mass is 79.9. The third-order valence-electron chi connectivity index (χ3n) is 2.55. The number of ether oxygens (including phenoxy) is 5. The second-order valence-corrected chi connectivity index (χ2v) is 4.90. The van der Waals surface area contributed by atoms with Crippen molar-refractivity contribution < 1.29 is 28.5 Å². The molecule has 6 nitrogen and oxygen atoms in total. The zero-order valence-corrected chi connectivity index (χ0v) is 14.6. The van der Waals surface area contributed by atoms with Gasteiger partial charge in [0.25, 0.3) is 0 Å². The van der Waals surface area contributed by atoms with E-state index in [1.807, 2.05) is 6.92 Å². The summed E-state index contributed by atoms with van der Waals surface area (Å²) in [6, 6.07) is 3.20. The number of benzene rings is 1. The molecule has 0 radical (unpaired) electrons. The van der Waals surface area contributed by atoms with Crippen LogP contribution in [0.5, 0.6) is 11.5 Å². The molecule has 0 saturated carbocycles. The van der Waals surface area contributed by atoms with E-state index in [0.717, 1.165) is 0 Å². The summed E-state index contributed by atoms with van der Waals surface area (Å²) in [6.45, 7) is 5.32. The molecule has 0 atom stereocenters. The Morgan fingerprint density at radius 1 is 1.09 bits per heavy atom. The highest BCUT2D eigenvalue weighted by Crippen LogP contribution is 2.36. The van der Waals surface area contributed by atoms with E-state index in [-0.39, 0.29) is 6.79 Å². The van der Waals surface area contributed by atoms with Gasteiger partial charge in [0.1, 0.15) is 16.0 Å². The molecule has 1 rings (SSSR count). The molecular formula is C15H21BrO6. The summed E-state index contributed by atoms with van der Waals surface area (Å²) >= 11 is 3.41. The van der Waals surface area contributed by atoms with Crippen LogP contribution in [-0.2, 0) is 14.2 Å². The second kappa shape index (κ2) is 10.4. The predicted molar refractivity (Wildman–Crippen MR) is 84.6 cm³/mol. The van der Waals surface area contributed by atoms with E-state index >= 15 is 0 Å². The molecule has 0 N–H and O–H groups in total. The van der Waals surface area contributed by atoms with Crippen LogP contribution < -0.4 is 9.47 Å². The average molecular weight is 377 g/mol. The van der Waals surface area contributed by atoms with Crippen molar-refractivity contribution in [2.24, 2.45) is 0 Å². The van der Waals surface area contributed by atoms with Gasteiger partial charge in [0, 0.05) is 7.11 Å². The topological polar surface area (TPSA) is 63.2 Å². The Morgan fingerprint density at radius 3 is 2.36 bits per heavy atom. The number of hydrogen-bond acceptors (Lipinski definition) is 6. The summed E-state index contributed by atoms with van der Waals surface area (Å²) in [5.41, 5.74) is 0.361. The Balaban J connectivity index is 2.85. The third kappa shape index (κ3) is 5.82. The molecule has 0 saturated heterocycles. The summed E-state index contributed by atoms with van der Waals surface area (Å²) < 4.78 is 26.8. The first-order chi connectivity index (χ1) is 10.6. The van der Waals surface area contributed by atoms with Crippen molar-refractivity contribution in [3.05, 3.63) is 22.2 Å². The van der Waals surface area contributed by atoms with E-state index in [4.69, 9.17) is 23.7 Å². The number of methoxy groups -OCH3 is 1.